The predicted octanol–water partition coefficient (Wildman–Crippen LogP) is 2.86. The molecule has 0 saturated carbocycles. The highest BCUT2D eigenvalue weighted by Crippen LogP contribution is 2.23. The fourth-order valence-electron chi connectivity index (χ4n) is 2.96. The van der Waals surface area contributed by atoms with Gasteiger partial charge in [-0.3, -0.25) is 4.79 Å². The van der Waals surface area contributed by atoms with Crippen LogP contribution in [0, 0.1) is 5.82 Å². The summed E-state index contributed by atoms with van der Waals surface area (Å²) in [6.07, 6.45) is 4.47. The first-order chi connectivity index (χ1) is 12.2. The first kappa shape index (κ1) is 15.6. The van der Waals surface area contributed by atoms with Crippen LogP contribution in [-0.4, -0.2) is 33.6 Å². The molecule has 2 aromatic heterocycles. The zero-order valence-electron chi connectivity index (χ0n) is 13.6. The average Bonchev–Trinajstić information content (AvgIpc) is 3.03. The van der Waals surface area contributed by atoms with E-state index < -0.39 is 11.7 Å². The number of aromatic nitrogens is 3. The maximum atomic E-state index is 14.1. The van der Waals surface area contributed by atoms with E-state index in [1.165, 1.54) is 6.07 Å². The fraction of sp³-hybridized carbons (Fsp3) is 0.278. The SMILES string of the molecule is O=C1NCCCCCNc2ccc3ncc(n3n2)-c2ccc(F)c1c2. The topological polar surface area (TPSA) is 71.3 Å². The van der Waals surface area contributed by atoms with Crippen molar-refractivity contribution < 1.29 is 9.18 Å². The summed E-state index contributed by atoms with van der Waals surface area (Å²) in [5, 5.41) is 10.7. The van der Waals surface area contributed by atoms with Crippen molar-refractivity contribution in [1.82, 2.24) is 19.9 Å². The second kappa shape index (κ2) is 6.51. The van der Waals surface area contributed by atoms with E-state index in [1.54, 1.807) is 22.8 Å². The molecule has 6 nitrogen and oxygen atoms in total. The Morgan fingerprint density at radius 3 is 2.76 bits per heavy atom. The number of anilines is 1. The third kappa shape index (κ3) is 3.05. The number of carbonyl (C=O) groups excluding carboxylic acids is 1. The van der Waals surface area contributed by atoms with E-state index in [0.29, 0.717) is 23.4 Å². The lowest BCUT2D eigenvalue weighted by molar-refractivity contribution is 0.0949. The molecule has 0 unspecified atom stereocenters. The van der Waals surface area contributed by atoms with Crippen LogP contribution in [0.25, 0.3) is 16.9 Å². The number of rotatable bonds is 0. The van der Waals surface area contributed by atoms with Crippen LogP contribution in [0.5, 0.6) is 0 Å². The highest BCUT2D eigenvalue weighted by atomic mass is 19.1. The Morgan fingerprint density at radius 1 is 1.04 bits per heavy atom. The fourth-order valence-corrected chi connectivity index (χ4v) is 2.96. The molecule has 1 aromatic carbocycles. The number of nitrogens with one attached hydrogen (secondary N) is 2. The van der Waals surface area contributed by atoms with Gasteiger partial charge in [-0.15, -0.1) is 5.10 Å². The molecule has 0 atom stereocenters. The van der Waals surface area contributed by atoms with Gasteiger partial charge in [0.1, 0.15) is 11.6 Å². The van der Waals surface area contributed by atoms with Crippen molar-refractivity contribution in [3.8, 4) is 11.3 Å². The second-order valence-electron chi connectivity index (χ2n) is 6.07. The summed E-state index contributed by atoms with van der Waals surface area (Å²) in [6.45, 7) is 1.34. The van der Waals surface area contributed by atoms with Gasteiger partial charge in [-0.1, -0.05) is 0 Å². The van der Waals surface area contributed by atoms with Gasteiger partial charge < -0.3 is 10.6 Å². The highest BCUT2D eigenvalue weighted by Gasteiger charge is 2.15. The van der Waals surface area contributed by atoms with E-state index >= 15 is 0 Å². The number of carbonyl (C=O) groups is 1. The third-order valence-corrected chi connectivity index (χ3v) is 4.31. The number of imidazole rings is 1. The standard InChI is InChI=1S/C18H18FN5O/c19-14-5-4-12-10-13(14)18(25)21-9-3-1-2-8-20-16-6-7-17-22-11-15(12)24(17)23-16/h4-7,10-11H,1-3,8-9H2,(H,20,23)(H,21,25). The zero-order chi connectivity index (χ0) is 17.2. The Morgan fingerprint density at radius 2 is 1.88 bits per heavy atom. The van der Waals surface area contributed by atoms with E-state index in [-0.39, 0.29) is 5.56 Å². The van der Waals surface area contributed by atoms with Crippen molar-refractivity contribution in [2.75, 3.05) is 18.4 Å². The van der Waals surface area contributed by atoms with Crippen LogP contribution in [0.3, 0.4) is 0 Å². The lowest BCUT2D eigenvalue weighted by Gasteiger charge is -2.08. The number of hydrogen-bond donors (Lipinski definition) is 2. The molecule has 1 aliphatic rings. The molecule has 1 aliphatic heterocycles. The quantitative estimate of drug-likeness (QED) is 0.661. The van der Waals surface area contributed by atoms with E-state index in [9.17, 15) is 9.18 Å². The summed E-state index contributed by atoms with van der Waals surface area (Å²) >= 11 is 0. The molecule has 0 radical (unpaired) electrons. The van der Waals surface area contributed by atoms with E-state index in [0.717, 1.165) is 31.6 Å². The molecule has 25 heavy (non-hydrogen) atoms. The van der Waals surface area contributed by atoms with Crippen LogP contribution < -0.4 is 10.6 Å². The summed E-state index contributed by atoms with van der Waals surface area (Å²) in [5.41, 5.74) is 2.14. The van der Waals surface area contributed by atoms with Gasteiger partial charge in [-0.25, -0.2) is 13.9 Å². The van der Waals surface area contributed by atoms with Crippen LogP contribution in [0.2, 0.25) is 0 Å². The average molecular weight is 339 g/mol. The van der Waals surface area contributed by atoms with Gasteiger partial charge in [0.2, 0.25) is 0 Å². The van der Waals surface area contributed by atoms with Crippen molar-refractivity contribution in [2.24, 2.45) is 0 Å². The molecule has 0 aliphatic carbocycles. The van der Waals surface area contributed by atoms with E-state index in [1.807, 2.05) is 12.1 Å². The van der Waals surface area contributed by atoms with Crippen molar-refractivity contribution >= 4 is 17.4 Å². The van der Waals surface area contributed by atoms with Crippen LogP contribution >= 0.6 is 0 Å². The molecule has 4 bridgehead atoms. The van der Waals surface area contributed by atoms with Crippen molar-refractivity contribution in [3.63, 3.8) is 0 Å². The minimum atomic E-state index is -0.533. The lowest BCUT2D eigenvalue weighted by Crippen LogP contribution is -2.25. The van der Waals surface area contributed by atoms with Crippen LogP contribution in [-0.2, 0) is 0 Å². The monoisotopic (exact) mass is 339 g/mol. The molecule has 7 heteroatoms. The Hall–Kier alpha value is -2.96. The summed E-state index contributed by atoms with van der Waals surface area (Å²) in [4.78, 5) is 16.6. The smallest absolute Gasteiger partial charge is 0.254 e. The first-order valence-corrected chi connectivity index (χ1v) is 8.39. The van der Waals surface area contributed by atoms with Gasteiger partial charge in [0.05, 0.1) is 17.5 Å². The van der Waals surface area contributed by atoms with Crippen LogP contribution in [0.1, 0.15) is 29.6 Å². The Labute approximate surface area is 144 Å². The minimum Gasteiger partial charge on any atom is -0.369 e. The molecule has 3 heterocycles. The normalized spacial score (nSPS) is 15.3. The molecule has 2 N–H and O–H groups in total. The Bertz CT molecular complexity index is 936. The highest BCUT2D eigenvalue weighted by molar-refractivity contribution is 5.95. The molecule has 0 fully saturated rings. The summed E-state index contributed by atoms with van der Waals surface area (Å²) < 4.78 is 15.8. The predicted molar refractivity (Wildman–Crippen MR) is 93.1 cm³/mol. The Balaban J connectivity index is 1.84. The van der Waals surface area contributed by atoms with Gasteiger partial charge in [0, 0.05) is 18.7 Å². The van der Waals surface area contributed by atoms with Crippen molar-refractivity contribution in [3.05, 3.63) is 47.9 Å². The van der Waals surface area contributed by atoms with Crippen LogP contribution in [0.15, 0.2) is 36.5 Å². The lowest BCUT2D eigenvalue weighted by atomic mass is 10.1. The molecule has 128 valence electrons. The van der Waals surface area contributed by atoms with Crippen LogP contribution in [0.4, 0.5) is 10.2 Å². The zero-order valence-corrected chi connectivity index (χ0v) is 13.6. The van der Waals surface area contributed by atoms with Gasteiger partial charge in [0.15, 0.2) is 5.65 Å². The number of nitrogens with zero attached hydrogens (tertiary/aromatic N) is 3. The number of hydrogen-bond acceptors (Lipinski definition) is 4. The molecule has 0 saturated heterocycles. The van der Waals surface area contributed by atoms with Crippen molar-refractivity contribution in [2.45, 2.75) is 19.3 Å². The molecule has 3 aromatic rings. The number of amides is 1. The van der Waals surface area contributed by atoms with Crippen molar-refractivity contribution in [1.29, 1.82) is 0 Å². The summed E-state index contributed by atoms with van der Waals surface area (Å²) in [6, 6.07) is 8.27. The minimum absolute atomic E-state index is 0.0385. The summed E-state index contributed by atoms with van der Waals surface area (Å²) in [7, 11) is 0. The van der Waals surface area contributed by atoms with E-state index in [4.69, 9.17) is 0 Å². The first-order valence-electron chi connectivity index (χ1n) is 8.39. The number of benzene rings is 1. The van der Waals surface area contributed by atoms with Gasteiger partial charge >= 0.3 is 0 Å². The second-order valence-corrected chi connectivity index (χ2v) is 6.07. The summed E-state index contributed by atoms with van der Waals surface area (Å²) in [5.74, 6) is -0.164. The largest absolute Gasteiger partial charge is 0.369 e. The molecular weight excluding hydrogens is 321 g/mol. The molecule has 1 amide bonds. The van der Waals surface area contributed by atoms with Gasteiger partial charge in [-0.2, -0.15) is 0 Å². The molecular formula is C18H18FN5O. The van der Waals surface area contributed by atoms with Gasteiger partial charge in [-0.05, 0) is 49.6 Å². The molecule has 4 rings (SSSR count). The van der Waals surface area contributed by atoms with Gasteiger partial charge in [0.25, 0.3) is 5.91 Å². The maximum absolute atomic E-state index is 14.1. The maximum Gasteiger partial charge on any atom is 0.254 e. The number of halogens is 1. The third-order valence-electron chi connectivity index (χ3n) is 4.31. The Kier molecular flexibility index (Phi) is 4.05. The number of fused-ring (bicyclic) bond motifs is 4. The molecule has 0 spiro atoms. The van der Waals surface area contributed by atoms with E-state index in [2.05, 4.69) is 20.7 Å².